The smallest absolute Gasteiger partial charge is 0.338 e. The molecule has 0 aliphatic carbocycles. The van der Waals surface area contributed by atoms with Crippen molar-refractivity contribution in [3.63, 3.8) is 0 Å². The van der Waals surface area contributed by atoms with Gasteiger partial charge in [-0.3, -0.25) is 4.79 Å². The maximum absolute atomic E-state index is 12.1. The number of hydrogen-bond donors (Lipinski definition) is 2. The van der Waals surface area contributed by atoms with E-state index in [0.29, 0.717) is 11.4 Å². The monoisotopic (exact) mass is 269 g/mol. The summed E-state index contributed by atoms with van der Waals surface area (Å²) in [4.78, 5) is 24.2. The van der Waals surface area contributed by atoms with Gasteiger partial charge in [0.15, 0.2) is 0 Å². The summed E-state index contributed by atoms with van der Waals surface area (Å²) in [5, 5.41) is 12.4. The Labute approximate surface area is 111 Å². The number of rotatable bonds is 4. The van der Waals surface area contributed by atoms with Gasteiger partial charge in [0.2, 0.25) is 5.91 Å². The summed E-state index contributed by atoms with van der Waals surface area (Å²) >= 11 is 1.31. The van der Waals surface area contributed by atoms with E-state index in [1.165, 1.54) is 11.3 Å². The molecule has 0 aliphatic rings. The number of carboxylic acids is 1. The van der Waals surface area contributed by atoms with Gasteiger partial charge in [-0.2, -0.15) is 0 Å². The first-order valence-electron chi connectivity index (χ1n) is 5.85. The molecule has 1 heterocycles. The van der Waals surface area contributed by atoms with Gasteiger partial charge in [-0.15, -0.1) is 11.3 Å². The fourth-order valence-electron chi connectivity index (χ4n) is 1.41. The van der Waals surface area contributed by atoms with Crippen LogP contribution in [0.1, 0.15) is 48.0 Å². The summed E-state index contributed by atoms with van der Waals surface area (Å²) in [5.41, 5.74) is 0.427. The molecule has 0 aliphatic heterocycles. The van der Waals surface area contributed by atoms with Gasteiger partial charge in [-0.25, -0.2) is 4.79 Å². The van der Waals surface area contributed by atoms with Crippen LogP contribution in [0.25, 0.3) is 0 Å². The van der Waals surface area contributed by atoms with Gasteiger partial charge in [-0.05, 0) is 25.8 Å². The van der Waals surface area contributed by atoms with Gasteiger partial charge in [0.05, 0.1) is 5.56 Å². The Morgan fingerprint density at radius 1 is 1.33 bits per heavy atom. The Bertz CT molecular complexity index is 489. The van der Waals surface area contributed by atoms with E-state index in [-0.39, 0.29) is 11.5 Å². The summed E-state index contributed by atoms with van der Waals surface area (Å²) in [6, 6.07) is 0. The van der Waals surface area contributed by atoms with Crippen molar-refractivity contribution in [1.29, 1.82) is 0 Å². The molecule has 2 N–H and O–H groups in total. The van der Waals surface area contributed by atoms with E-state index in [4.69, 9.17) is 0 Å². The Hall–Kier alpha value is -1.36. The number of aromatic carboxylic acids is 1. The molecule has 1 aromatic rings. The van der Waals surface area contributed by atoms with Crippen molar-refractivity contribution in [2.24, 2.45) is 5.41 Å². The number of carboxylic acid groups (broad SMARTS) is 1. The van der Waals surface area contributed by atoms with Crippen molar-refractivity contribution >= 4 is 28.2 Å². The molecule has 0 saturated heterocycles. The predicted molar refractivity (Wildman–Crippen MR) is 73.5 cm³/mol. The zero-order valence-electron chi connectivity index (χ0n) is 11.4. The van der Waals surface area contributed by atoms with E-state index in [9.17, 15) is 14.7 Å². The molecule has 0 bridgehead atoms. The SMILES string of the molecule is CCC(C)(C)C(=O)Nc1sc(C)c(C)c1C(=O)O. The van der Waals surface area contributed by atoms with Gasteiger partial charge in [0.25, 0.3) is 0 Å². The molecule has 18 heavy (non-hydrogen) atoms. The average molecular weight is 269 g/mol. The van der Waals surface area contributed by atoms with Crippen LogP contribution >= 0.6 is 11.3 Å². The summed E-state index contributed by atoms with van der Waals surface area (Å²) in [7, 11) is 0. The third-order valence-corrected chi connectivity index (χ3v) is 4.45. The normalized spacial score (nSPS) is 11.4. The van der Waals surface area contributed by atoms with E-state index in [0.717, 1.165) is 10.4 Å². The first kappa shape index (κ1) is 14.7. The van der Waals surface area contributed by atoms with Gasteiger partial charge in [0, 0.05) is 10.3 Å². The van der Waals surface area contributed by atoms with Crippen molar-refractivity contribution in [2.75, 3.05) is 5.32 Å². The summed E-state index contributed by atoms with van der Waals surface area (Å²) in [6.45, 7) is 9.23. The molecule has 1 rings (SSSR count). The van der Waals surface area contributed by atoms with Crippen LogP contribution in [0, 0.1) is 19.3 Å². The molecule has 1 amide bonds. The quantitative estimate of drug-likeness (QED) is 0.880. The van der Waals surface area contributed by atoms with Crippen molar-refractivity contribution in [2.45, 2.75) is 41.0 Å². The fourth-order valence-corrected chi connectivity index (χ4v) is 2.45. The van der Waals surface area contributed by atoms with Crippen LogP contribution in [-0.2, 0) is 4.79 Å². The van der Waals surface area contributed by atoms with Crippen LogP contribution in [-0.4, -0.2) is 17.0 Å². The minimum Gasteiger partial charge on any atom is -0.478 e. The van der Waals surface area contributed by atoms with E-state index in [1.807, 2.05) is 27.7 Å². The number of carbonyl (C=O) groups excluding carboxylic acids is 1. The molecular formula is C13H19NO3S. The zero-order chi connectivity index (χ0) is 14.1. The average Bonchev–Trinajstić information content (AvgIpc) is 2.54. The second-order valence-electron chi connectivity index (χ2n) is 4.98. The lowest BCUT2D eigenvalue weighted by atomic mass is 9.89. The Balaban J connectivity index is 3.09. The largest absolute Gasteiger partial charge is 0.478 e. The minimum absolute atomic E-state index is 0.145. The number of anilines is 1. The van der Waals surface area contributed by atoms with Crippen LogP contribution < -0.4 is 5.32 Å². The predicted octanol–water partition coefficient (Wildman–Crippen LogP) is 3.44. The highest BCUT2D eigenvalue weighted by atomic mass is 32.1. The van der Waals surface area contributed by atoms with Crippen LogP contribution in [0.15, 0.2) is 0 Å². The summed E-state index contributed by atoms with van der Waals surface area (Å²) in [6.07, 6.45) is 0.699. The lowest BCUT2D eigenvalue weighted by Gasteiger charge is -2.21. The first-order valence-corrected chi connectivity index (χ1v) is 6.67. The number of nitrogens with one attached hydrogen (secondary N) is 1. The van der Waals surface area contributed by atoms with E-state index < -0.39 is 11.4 Å². The third kappa shape index (κ3) is 2.72. The molecule has 0 atom stereocenters. The second kappa shape index (κ2) is 5.10. The number of thiophene rings is 1. The molecule has 4 nitrogen and oxygen atoms in total. The highest BCUT2D eigenvalue weighted by Crippen LogP contribution is 2.34. The van der Waals surface area contributed by atoms with Crippen LogP contribution in [0.4, 0.5) is 5.00 Å². The number of carbonyl (C=O) groups is 2. The van der Waals surface area contributed by atoms with E-state index >= 15 is 0 Å². The molecule has 0 aromatic carbocycles. The minimum atomic E-state index is -0.999. The van der Waals surface area contributed by atoms with E-state index in [1.54, 1.807) is 6.92 Å². The van der Waals surface area contributed by atoms with E-state index in [2.05, 4.69) is 5.32 Å². The van der Waals surface area contributed by atoms with Crippen molar-refractivity contribution in [1.82, 2.24) is 0 Å². The highest BCUT2D eigenvalue weighted by molar-refractivity contribution is 7.16. The molecular weight excluding hydrogens is 250 g/mol. The highest BCUT2D eigenvalue weighted by Gasteiger charge is 2.28. The van der Waals surface area contributed by atoms with Crippen LogP contribution in [0.2, 0.25) is 0 Å². The maximum Gasteiger partial charge on any atom is 0.338 e. The molecule has 100 valence electrons. The third-order valence-electron chi connectivity index (χ3n) is 3.32. The van der Waals surface area contributed by atoms with Gasteiger partial charge in [-0.1, -0.05) is 20.8 Å². The summed E-state index contributed by atoms with van der Waals surface area (Å²) in [5.74, 6) is -1.14. The second-order valence-corrected chi connectivity index (χ2v) is 6.21. The van der Waals surface area contributed by atoms with Crippen molar-refractivity contribution in [3.8, 4) is 0 Å². The fraction of sp³-hybridized carbons (Fsp3) is 0.538. The first-order chi connectivity index (χ1) is 8.20. The number of aryl methyl sites for hydroxylation is 1. The van der Waals surface area contributed by atoms with Crippen LogP contribution in [0.5, 0.6) is 0 Å². The Morgan fingerprint density at radius 2 is 1.89 bits per heavy atom. The molecule has 0 fully saturated rings. The lowest BCUT2D eigenvalue weighted by Crippen LogP contribution is -2.30. The molecule has 0 saturated carbocycles. The molecule has 0 radical (unpaired) electrons. The molecule has 0 spiro atoms. The topological polar surface area (TPSA) is 66.4 Å². The molecule has 1 aromatic heterocycles. The van der Waals surface area contributed by atoms with Gasteiger partial charge < -0.3 is 10.4 Å². The molecule has 0 unspecified atom stereocenters. The number of amides is 1. The van der Waals surface area contributed by atoms with Crippen molar-refractivity contribution < 1.29 is 14.7 Å². The molecule has 5 heteroatoms. The summed E-state index contributed by atoms with van der Waals surface area (Å²) < 4.78 is 0. The maximum atomic E-state index is 12.1. The van der Waals surface area contributed by atoms with Gasteiger partial charge in [0.1, 0.15) is 5.00 Å². The Kier molecular flexibility index (Phi) is 4.16. The number of hydrogen-bond acceptors (Lipinski definition) is 3. The Morgan fingerprint density at radius 3 is 2.33 bits per heavy atom. The lowest BCUT2D eigenvalue weighted by molar-refractivity contribution is -0.124. The van der Waals surface area contributed by atoms with Gasteiger partial charge >= 0.3 is 5.97 Å². The standard InChI is InChI=1S/C13H19NO3S/c1-6-13(4,5)12(17)14-10-9(11(15)16)7(2)8(3)18-10/h6H2,1-5H3,(H,14,17)(H,15,16). The zero-order valence-corrected chi connectivity index (χ0v) is 12.2. The van der Waals surface area contributed by atoms with Crippen LogP contribution in [0.3, 0.4) is 0 Å². The van der Waals surface area contributed by atoms with Crippen molar-refractivity contribution in [3.05, 3.63) is 16.0 Å².